The molecule has 2 aromatic heterocycles. The summed E-state index contributed by atoms with van der Waals surface area (Å²) in [5.74, 6) is 0.0578. The molecule has 0 saturated heterocycles. The van der Waals surface area contributed by atoms with E-state index in [-0.39, 0.29) is 5.91 Å². The number of pyridine rings is 1. The van der Waals surface area contributed by atoms with Gasteiger partial charge in [-0.05, 0) is 43.2 Å². The van der Waals surface area contributed by atoms with Gasteiger partial charge in [-0.1, -0.05) is 18.2 Å². The largest absolute Gasteiger partial charge is 0.339 e. The average molecular weight is 307 g/mol. The summed E-state index contributed by atoms with van der Waals surface area (Å²) < 4.78 is 2.00. The molecule has 0 aliphatic heterocycles. The van der Waals surface area contributed by atoms with Crippen LogP contribution >= 0.6 is 0 Å². The van der Waals surface area contributed by atoms with Crippen molar-refractivity contribution < 1.29 is 4.79 Å². The van der Waals surface area contributed by atoms with Gasteiger partial charge in [0.25, 0.3) is 5.91 Å². The van der Waals surface area contributed by atoms with Crippen LogP contribution in [0.5, 0.6) is 0 Å². The third kappa shape index (κ3) is 2.84. The summed E-state index contributed by atoms with van der Waals surface area (Å²) in [5, 5.41) is 1.11. The van der Waals surface area contributed by atoms with Gasteiger partial charge in [0.2, 0.25) is 0 Å². The second-order valence-electron chi connectivity index (χ2n) is 5.78. The van der Waals surface area contributed by atoms with Gasteiger partial charge < -0.3 is 9.47 Å². The Labute approximate surface area is 136 Å². The summed E-state index contributed by atoms with van der Waals surface area (Å²) in [4.78, 5) is 18.9. The van der Waals surface area contributed by atoms with E-state index in [9.17, 15) is 4.79 Å². The van der Waals surface area contributed by atoms with Crippen LogP contribution in [0.4, 0.5) is 0 Å². The Hall–Kier alpha value is -2.62. The lowest BCUT2D eigenvalue weighted by atomic mass is 10.2. The minimum atomic E-state index is 0.0578. The van der Waals surface area contributed by atoms with Gasteiger partial charge in [-0.15, -0.1) is 0 Å². The highest BCUT2D eigenvalue weighted by molar-refractivity contribution is 5.99. The van der Waals surface area contributed by atoms with E-state index >= 15 is 0 Å². The van der Waals surface area contributed by atoms with Crippen molar-refractivity contribution in [2.45, 2.75) is 20.4 Å². The molecule has 23 heavy (non-hydrogen) atoms. The zero-order chi connectivity index (χ0) is 16.4. The molecule has 4 nitrogen and oxygen atoms in total. The maximum atomic E-state index is 13.0. The van der Waals surface area contributed by atoms with Crippen molar-refractivity contribution >= 4 is 16.8 Å². The number of carbonyl (C=O) groups excluding carboxylic acids is 1. The molecule has 0 N–H and O–H groups in total. The first-order valence-electron chi connectivity index (χ1n) is 7.85. The number of hydrogen-bond donors (Lipinski definition) is 0. The van der Waals surface area contributed by atoms with Gasteiger partial charge in [-0.25, -0.2) is 0 Å². The van der Waals surface area contributed by atoms with Gasteiger partial charge >= 0.3 is 0 Å². The smallest absolute Gasteiger partial charge is 0.270 e. The maximum absolute atomic E-state index is 13.0. The predicted molar refractivity (Wildman–Crippen MR) is 92.3 cm³/mol. The molecule has 0 unspecified atom stereocenters. The summed E-state index contributed by atoms with van der Waals surface area (Å²) >= 11 is 0. The third-order valence-electron chi connectivity index (χ3n) is 4.27. The van der Waals surface area contributed by atoms with Crippen molar-refractivity contribution in [3.63, 3.8) is 0 Å². The van der Waals surface area contributed by atoms with Crippen LogP contribution in [0.15, 0.2) is 48.8 Å². The molecule has 0 aliphatic carbocycles. The van der Waals surface area contributed by atoms with Crippen LogP contribution in [0.1, 0.15) is 28.5 Å². The van der Waals surface area contributed by atoms with Crippen LogP contribution in [0.2, 0.25) is 0 Å². The van der Waals surface area contributed by atoms with Gasteiger partial charge in [0.05, 0.1) is 5.52 Å². The summed E-state index contributed by atoms with van der Waals surface area (Å²) in [7, 11) is 1.96. The molecule has 3 aromatic rings. The van der Waals surface area contributed by atoms with Crippen LogP contribution in [0.25, 0.3) is 10.9 Å². The highest BCUT2D eigenvalue weighted by Crippen LogP contribution is 2.23. The van der Waals surface area contributed by atoms with Crippen molar-refractivity contribution in [3.8, 4) is 0 Å². The Morgan fingerprint density at radius 2 is 1.96 bits per heavy atom. The van der Waals surface area contributed by atoms with Gasteiger partial charge in [0, 0.05) is 37.9 Å². The molecule has 0 atom stereocenters. The number of aromatic nitrogens is 2. The van der Waals surface area contributed by atoms with Crippen LogP contribution in [-0.2, 0) is 13.6 Å². The van der Waals surface area contributed by atoms with Crippen LogP contribution in [-0.4, -0.2) is 26.9 Å². The standard InChI is InChI=1S/C19H21N3O/c1-4-22(13-15-8-10-20-11-9-15)19(23)17-12-16-7-5-6-14(2)18(16)21(17)3/h5-12H,4,13H2,1-3H3. The molecular weight excluding hydrogens is 286 g/mol. The molecule has 0 aliphatic rings. The van der Waals surface area contributed by atoms with E-state index in [0.29, 0.717) is 13.1 Å². The summed E-state index contributed by atoms with van der Waals surface area (Å²) in [6.45, 7) is 5.35. The summed E-state index contributed by atoms with van der Waals surface area (Å²) in [6, 6.07) is 12.0. The summed E-state index contributed by atoms with van der Waals surface area (Å²) in [6.07, 6.45) is 3.52. The highest BCUT2D eigenvalue weighted by Gasteiger charge is 2.19. The topological polar surface area (TPSA) is 38.1 Å². The van der Waals surface area contributed by atoms with E-state index in [0.717, 1.165) is 22.2 Å². The van der Waals surface area contributed by atoms with E-state index in [1.807, 2.05) is 47.7 Å². The number of rotatable bonds is 4. The van der Waals surface area contributed by atoms with Gasteiger partial charge in [0.15, 0.2) is 0 Å². The Morgan fingerprint density at radius 3 is 2.61 bits per heavy atom. The lowest BCUT2D eigenvalue weighted by Crippen LogP contribution is -2.31. The van der Waals surface area contributed by atoms with Crippen LogP contribution in [0, 0.1) is 6.92 Å². The fraction of sp³-hybridized carbons (Fsp3) is 0.263. The molecule has 0 fully saturated rings. The van der Waals surface area contributed by atoms with Crippen molar-refractivity contribution in [2.75, 3.05) is 6.54 Å². The second-order valence-corrected chi connectivity index (χ2v) is 5.78. The molecule has 0 spiro atoms. The first kappa shape index (κ1) is 15.3. The van der Waals surface area contributed by atoms with Gasteiger partial charge in [-0.3, -0.25) is 9.78 Å². The zero-order valence-corrected chi connectivity index (χ0v) is 13.8. The number of aryl methyl sites for hydroxylation is 2. The zero-order valence-electron chi connectivity index (χ0n) is 13.8. The third-order valence-corrected chi connectivity index (χ3v) is 4.27. The average Bonchev–Trinajstić information content (AvgIpc) is 2.91. The second kappa shape index (κ2) is 6.24. The van der Waals surface area contributed by atoms with Gasteiger partial charge in [0.1, 0.15) is 5.69 Å². The number of fused-ring (bicyclic) bond motifs is 1. The highest BCUT2D eigenvalue weighted by atomic mass is 16.2. The van der Waals surface area contributed by atoms with E-state index in [1.54, 1.807) is 12.4 Å². The Kier molecular flexibility index (Phi) is 4.15. The molecule has 3 rings (SSSR count). The molecule has 1 amide bonds. The first-order valence-corrected chi connectivity index (χ1v) is 7.85. The molecule has 1 aromatic carbocycles. The molecule has 0 radical (unpaired) electrons. The van der Waals surface area contributed by atoms with Crippen molar-refractivity contribution in [2.24, 2.45) is 7.05 Å². The van der Waals surface area contributed by atoms with Crippen LogP contribution < -0.4 is 0 Å². The number of benzene rings is 1. The van der Waals surface area contributed by atoms with Crippen molar-refractivity contribution in [3.05, 3.63) is 65.6 Å². The molecule has 0 bridgehead atoms. The van der Waals surface area contributed by atoms with E-state index in [2.05, 4.69) is 24.0 Å². The number of carbonyl (C=O) groups is 1. The summed E-state index contributed by atoms with van der Waals surface area (Å²) in [5.41, 5.74) is 4.12. The van der Waals surface area contributed by atoms with Crippen molar-refractivity contribution in [1.82, 2.24) is 14.5 Å². The lowest BCUT2D eigenvalue weighted by molar-refractivity contribution is 0.0743. The number of hydrogen-bond acceptors (Lipinski definition) is 2. The van der Waals surface area contributed by atoms with E-state index < -0.39 is 0 Å². The van der Waals surface area contributed by atoms with E-state index in [1.165, 1.54) is 5.56 Å². The molecule has 2 heterocycles. The maximum Gasteiger partial charge on any atom is 0.270 e. The number of amides is 1. The molecule has 4 heteroatoms. The SMILES string of the molecule is CCN(Cc1ccncc1)C(=O)c1cc2cccc(C)c2n1C. The predicted octanol–water partition coefficient (Wildman–Crippen LogP) is 3.54. The normalized spacial score (nSPS) is 10.9. The Balaban J connectivity index is 1.95. The minimum absolute atomic E-state index is 0.0578. The monoisotopic (exact) mass is 307 g/mol. The van der Waals surface area contributed by atoms with E-state index in [4.69, 9.17) is 0 Å². The first-order chi connectivity index (χ1) is 11.1. The minimum Gasteiger partial charge on any atom is -0.339 e. The van der Waals surface area contributed by atoms with Crippen molar-refractivity contribution in [1.29, 1.82) is 0 Å². The Bertz CT molecular complexity index is 836. The Morgan fingerprint density at radius 1 is 1.22 bits per heavy atom. The number of nitrogens with zero attached hydrogens (tertiary/aromatic N) is 3. The molecule has 118 valence electrons. The lowest BCUT2D eigenvalue weighted by Gasteiger charge is -2.21. The fourth-order valence-corrected chi connectivity index (χ4v) is 3.02. The quantitative estimate of drug-likeness (QED) is 0.739. The fourth-order valence-electron chi connectivity index (χ4n) is 3.02. The molecule has 0 saturated carbocycles. The number of para-hydroxylation sites is 1. The van der Waals surface area contributed by atoms with Gasteiger partial charge in [-0.2, -0.15) is 0 Å². The van der Waals surface area contributed by atoms with Crippen LogP contribution in [0.3, 0.4) is 0 Å². The molecular formula is C19H21N3O.